The maximum atomic E-state index is 10.2. The van der Waals surface area contributed by atoms with Crippen LogP contribution in [0.5, 0.6) is 0 Å². The van der Waals surface area contributed by atoms with Crippen LogP contribution in [0.3, 0.4) is 0 Å². The molecule has 66 valence electrons. The largest absolute Gasteiger partial charge is 0.481 e. The molecule has 0 spiro atoms. The normalized spacial score (nSPS) is 11.5. The van der Waals surface area contributed by atoms with Crippen LogP contribution in [0.1, 0.15) is 6.42 Å². The Hall–Kier alpha value is -0.393. The molecule has 0 saturated heterocycles. The first-order valence-corrected chi connectivity index (χ1v) is 5.88. The number of rotatable bonds is 5. The zero-order valence-corrected chi connectivity index (χ0v) is 8.09. The topological polar surface area (TPSA) is 55.8 Å². The van der Waals surface area contributed by atoms with Gasteiger partial charge in [0, 0.05) is 26.7 Å². The van der Waals surface area contributed by atoms with Crippen molar-refractivity contribution in [2.24, 2.45) is 0 Å². The fourth-order valence-electron chi connectivity index (χ4n) is 0.621. The molecule has 0 aliphatic rings. The maximum absolute atomic E-state index is 10.2. The Balaban J connectivity index is 3.78. The summed E-state index contributed by atoms with van der Waals surface area (Å²) in [7, 11) is 0.965. The van der Waals surface area contributed by atoms with Crippen molar-refractivity contribution >= 4 is 14.5 Å². The SMILES string of the molecule is CO[Si](C)(CCC(=O)O)OC. The van der Waals surface area contributed by atoms with E-state index in [0.29, 0.717) is 6.04 Å². The first-order chi connectivity index (χ1) is 5.04. The van der Waals surface area contributed by atoms with Gasteiger partial charge >= 0.3 is 14.5 Å². The third-order valence-electron chi connectivity index (χ3n) is 1.66. The van der Waals surface area contributed by atoms with Crippen LogP contribution in [0.25, 0.3) is 0 Å². The van der Waals surface area contributed by atoms with Gasteiger partial charge in [0.15, 0.2) is 0 Å². The number of hydrogen-bond acceptors (Lipinski definition) is 3. The lowest BCUT2D eigenvalue weighted by Gasteiger charge is -2.21. The van der Waals surface area contributed by atoms with Crippen molar-refractivity contribution in [1.29, 1.82) is 0 Å². The predicted octanol–water partition coefficient (Wildman–Crippen LogP) is 0.826. The van der Waals surface area contributed by atoms with Crippen molar-refractivity contribution in [1.82, 2.24) is 0 Å². The van der Waals surface area contributed by atoms with Crippen molar-refractivity contribution < 1.29 is 18.8 Å². The smallest absolute Gasteiger partial charge is 0.334 e. The number of carboxylic acid groups (broad SMARTS) is 1. The van der Waals surface area contributed by atoms with E-state index in [-0.39, 0.29) is 6.42 Å². The molecule has 0 radical (unpaired) electrons. The first kappa shape index (κ1) is 10.6. The lowest BCUT2D eigenvalue weighted by molar-refractivity contribution is -0.136. The molecule has 0 heterocycles. The zero-order chi connectivity index (χ0) is 8.91. The van der Waals surface area contributed by atoms with Gasteiger partial charge in [0.2, 0.25) is 0 Å². The maximum Gasteiger partial charge on any atom is 0.334 e. The summed E-state index contributed by atoms with van der Waals surface area (Å²) in [5, 5.41) is 8.38. The second kappa shape index (κ2) is 4.48. The number of hydrogen-bond donors (Lipinski definition) is 1. The van der Waals surface area contributed by atoms with Gasteiger partial charge in [-0.15, -0.1) is 0 Å². The Morgan fingerprint density at radius 2 is 1.91 bits per heavy atom. The number of aliphatic carboxylic acids is 1. The third kappa shape index (κ3) is 4.13. The minimum atomic E-state index is -2.14. The predicted molar refractivity (Wildman–Crippen MR) is 42.7 cm³/mol. The summed E-state index contributed by atoms with van der Waals surface area (Å²) < 4.78 is 10.2. The summed E-state index contributed by atoms with van der Waals surface area (Å²) in [5.74, 6) is -0.808. The highest BCUT2D eigenvalue weighted by molar-refractivity contribution is 6.66. The Morgan fingerprint density at radius 1 is 1.45 bits per heavy atom. The van der Waals surface area contributed by atoms with Crippen LogP contribution in [0.4, 0.5) is 0 Å². The summed E-state index contributed by atoms with van der Waals surface area (Å²) in [6.45, 7) is 1.84. The fraction of sp³-hybridized carbons (Fsp3) is 0.833. The van der Waals surface area contributed by atoms with E-state index < -0.39 is 14.5 Å². The standard InChI is InChI=1S/C6H14O4Si/c1-9-11(3,10-2)5-4-6(7)8/h4-5H2,1-3H3,(H,7,8). The molecule has 0 aromatic carbocycles. The lowest BCUT2D eigenvalue weighted by atomic mass is 10.5. The monoisotopic (exact) mass is 178 g/mol. The van der Waals surface area contributed by atoms with Crippen molar-refractivity contribution in [2.45, 2.75) is 19.0 Å². The highest BCUT2D eigenvalue weighted by Gasteiger charge is 2.28. The van der Waals surface area contributed by atoms with Gasteiger partial charge in [0.1, 0.15) is 0 Å². The third-order valence-corrected chi connectivity index (χ3v) is 4.54. The molecule has 0 rings (SSSR count). The molecule has 11 heavy (non-hydrogen) atoms. The molecule has 4 nitrogen and oxygen atoms in total. The van der Waals surface area contributed by atoms with Crippen molar-refractivity contribution in [3.05, 3.63) is 0 Å². The summed E-state index contributed by atoms with van der Waals surface area (Å²) in [4.78, 5) is 10.2. The Bertz CT molecular complexity index is 133. The molecule has 0 unspecified atom stereocenters. The van der Waals surface area contributed by atoms with Gasteiger partial charge in [-0.1, -0.05) is 0 Å². The van der Waals surface area contributed by atoms with Crippen LogP contribution in [-0.2, 0) is 13.6 Å². The molecule has 5 heteroatoms. The van der Waals surface area contributed by atoms with Crippen LogP contribution in [0.2, 0.25) is 12.6 Å². The molecule has 0 saturated carbocycles. The molecular weight excluding hydrogens is 164 g/mol. The number of carbonyl (C=O) groups is 1. The molecule has 0 aromatic rings. The minimum Gasteiger partial charge on any atom is -0.481 e. The Kier molecular flexibility index (Phi) is 4.32. The average Bonchev–Trinajstić information content (AvgIpc) is 2.00. The molecule has 0 aliphatic heterocycles. The molecule has 0 fully saturated rings. The van der Waals surface area contributed by atoms with Crippen molar-refractivity contribution in [2.75, 3.05) is 14.2 Å². The van der Waals surface area contributed by atoms with Crippen molar-refractivity contribution in [3.63, 3.8) is 0 Å². The fourth-order valence-corrected chi connectivity index (χ4v) is 1.86. The molecular formula is C6H14O4Si. The summed E-state index contributed by atoms with van der Waals surface area (Å²) in [5.41, 5.74) is 0. The van der Waals surface area contributed by atoms with E-state index in [2.05, 4.69) is 0 Å². The van der Waals surface area contributed by atoms with Crippen LogP contribution in [0, 0.1) is 0 Å². The van der Waals surface area contributed by atoms with Crippen LogP contribution in [0.15, 0.2) is 0 Å². The Labute approximate surface area is 67.4 Å². The quantitative estimate of drug-likeness (QED) is 0.633. The van der Waals surface area contributed by atoms with Gasteiger partial charge in [-0.25, -0.2) is 0 Å². The van der Waals surface area contributed by atoms with E-state index in [0.717, 1.165) is 0 Å². The lowest BCUT2D eigenvalue weighted by Crippen LogP contribution is -2.36. The van der Waals surface area contributed by atoms with Gasteiger partial charge in [-0.3, -0.25) is 4.79 Å². The van der Waals surface area contributed by atoms with Gasteiger partial charge in [-0.2, -0.15) is 0 Å². The van der Waals surface area contributed by atoms with E-state index >= 15 is 0 Å². The van der Waals surface area contributed by atoms with E-state index in [1.165, 1.54) is 0 Å². The molecule has 0 bridgehead atoms. The van der Waals surface area contributed by atoms with Gasteiger partial charge in [0.05, 0.1) is 0 Å². The molecule has 0 amide bonds. The van der Waals surface area contributed by atoms with Gasteiger partial charge in [0.25, 0.3) is 0 Å². The van der Waals surface area contributed by atoms with Crippen LogP contribution >= 0.6 is 0 Å². The van der Waals surface area contributed by atoms with Gasteiger partial charge in [-0.05, 0) is 6.55 Å². The van der Waals surface area contributed by atoms with E-state index in [4.69, 9.17) is 14.0 Å². The van der Waals surface area contributed by atoms with Crippen molar-refractivity contribution in [3.8, 4) is 0 Å². The summed E-state index contributed by atoms with van der Waals surface area (Å²) >= 11 is 0. The second-order valence-electron chi connectivity index (χ2n) is 2.44. The van der Waals surface area contributed by atoms with E-state index in [9.17, 15) is 4.79 Å². The second-order valence-corrected chi connectivity index (χ2v) is 6.02. The molecule has 1 N–H and O–H groups in total. The number of carboxylic acids is 1. The highest BCUT2D eigenvalue weighted by atomic mass is 28.4. The molecule has 0 atom stereocenters. The van der Waals surface area contributed by atoms with E-state index in [1.54, 1.807) is 14.2 Å². The van der Waals surface area contributed by atoms with Crippen LogP contribution in [-0.4, -0.2) is 33.9 Å². The summed E-state index contributed by atoms with van der Waals surface area (Å²) in [6.07, 6.45) is 0.115. The highest BCUT2D eigenvalue weighted by Crippen LogP contribution is 2.12. The Morgan fingerprint density at radius 3 is 2.18 bits per heavy atom. The molecule has 0 aliphatic carbocycles. The van der Waals surface area contributed by atoms with Gasteiger partial charge < -0.3 is 14.0 Å². The minimum absolute atomic E-state index is 0.115. The molecule has 0 aromatic heterocycles. The summed E-state index contributed by atoms with van der Waals surface area (Å²) in [6, 6.07) is 0.495. The van der Waals surface area contributed by atoms with E-state index in [1.807, 2.05) is 6.55 Å². The van der Waals surface area contributed by atoms with Crippen LogP contribution < -0.4 is 0 Å². The first-order valence-electron chi connectivity index (χ1n) is 3.36. The average molecular weight is 178 g/mol. The zero-order valence-electron chi connectivity index (χ0n) is 7.09.